The first-order valence-corrected chi connectivity index (χ1v) is 14.7. The fourth-order valence-electron chi connectivity index (χ4n) is 4.29. The molecule has 4 N–H and O–H groups in total. The minimum atomic E-state index is -3.66. The molecule has 0 saturated heterocycles. The molecule has 41 heavy (non-hydrogen) atoms. The van der Waals surface area contributed by atoms with E-state index in [1.165, 1.54) is 7.05 Å². The molecule has 0 aliphatic rings. The quantitative estimate of drug-likeness (QED) is 0.210. The van der Waals surface area contributed by atoms with E-state index in [1.54, 1.807) is 42.5 Å². The highest BCUT2D eigenvalue weighted by Crippen LogP contribution is 2.32. The van der Waals surface area contributed by atoms with Gasteiger partial charge in [-0.05, 0) is 43.3 Å². The number of alkyl carbamates (subject to hydrolysis) is 1. The number of aromatic hydroxyl groups is 1. The Morgan fingerprint density at radius 3 is 2.37 bits per heavy atom. The Morgan fingerprint density at radius 1 is 1.02 bits per heavy atom. The van der Waals surface area contributed by atoms with Crippen molar-refractivity contribution < 1.29 is 27.9 Å². The van der Waals surface area contributed by atoms with Crippen LogP contribution in [0, 0.1) is 0 Å². The smallest absolute Gasteiger partial charge is 0.406 e. The van der Waals surface area contributed by atoms with E-state index in [0.29, 0.717) is 45.7 Å². The molecule has 4 aromatic rings. The van der Waals surface area contributed by atoms with Gasteiger partial charge in [0.2, 0.25) is 10.0 Å². The summed E-state index contributed by atoms with van der Waals surface area (Å²) in [6, 6.07) is 21.0. The van der Waals surface area contributed by atoms with Crippen LogP contribution < -0.4 is 14.9 Å². The predicted molar refractivity (Wildman–Crippen MR) is 159 cm³/mol. The molecule has 214 valence electrons. The number of nitrogens with zero attached hydrogens (tertiary/aromatic N) is 2. The van der Waals surface area contributed by atoms with Crippen molar-refractivity contribution in [3.63, 3.8) is 0 Å². The van der Waals surface area contributed by atoms with Gasteiger partial charge >= 0.3 is 6.09 Å². The number of benzene rings is 3. The van der Waals surface area contributed by atoms with Gasteiger partial charge in [-0.15, -0.1) is 0 Å². The highest BCUT2D eigenvalue weighted by atomic mass is 32.2. The Bertz CT molecular complexity index is 1680. The molecule has 11 nitrogen and oxygen atoms in total. The van der Waals surface area contributed by atoms with Crippen molar-refractivity contribution in [1.82, 2.24) is 15.6 Å². The van der Waals surface area contributed by atoms with E-state index in [1.807, 2.05) is 37.3 Å². The first-order valence-electron chi connectivity index (χ1n) is 12.8. The molecule has 12 heteroatoms. The van der Waals surface area contributed by atoms with Gasteiger partial charge in [0.05, 0.1) is 35.5 Å². The van der Waals surface area contributed by atoms with Gasteiger partial charge in [0, 0.05) is 35.6 Å². The predicted octanol–water partition coefficient (Wildman–Crippen LogP) is 3.91. The standard InChI is InChI=1S/C29H31N5O6S/c1-4-31-27(35)20-10-15-23-24(18-20)33-28(36)25(23)26(19-8-6-5-7-9-19)32-21-11-13-22(14-12-21)34(41(3,38)39)16-17-40-29(37)30-2/h5-15,18,33,36H,4,16-17H2,1-3H3,(H,30,37)(H,31,35). The molecule has 0 fully saturated rings. The van der Waals surface area contributed by atoms with Crippen molar-refractivity contribution in [3.05, 3.63) is 89.5 Å². The third kappa shape index (κ3) is 6.84. The first-order chi connectivity index (χ1) is 19.6. The van der Waals surface area contributed by atoms with Gasteiger partial charge in [-0.3, -0.25) is 9.10 Å². The molecule has 0 saturated carbocycles. The van der Waals surface area contributed by atoms with Crippen LogP contribution in [0.5, 0.6) is 5.88 Å². The molecular weight excluding hydrogens is 546 g/mol. The summed E-state index contributed by atoms with van der Waals surface area (Å²) in [5, 5.41) is 16.7. The zero-order valence-corrected chi connectivity index (χ0v) is 23.7. The molecule has 1 heterocycles. The van der Waals surface area contributed by atoms with Gasteiger partial charge in [0.1, 0.15) is 6.61 Å². The fraction of sp³-hybridized carbons (Fsp3) is 0.207. The van der Waals surface area contributed by atoms with Crippen molar-refractivity contribution in [3.8, 4) is 5.88 Å². The third-order valence-electron chi connectivity index (χ3n) is 6.17. The van der Waals surface area contributed by atoms with Crippen molar-refractivity contribution >= 4 is 50.0 Å². The van der Waals surface area contributed by atoms with Crippen molar-refractivity contribution in [2.45, 2.75) is 6.92 Å². The highest BCUT2D eigenvalue weighted by Gasteiger charge is 2.21. The maximum Gasteiger partial charge on any atom is 0.406 e. The number of aliphatic imine (C=N–C) groups is 1. The SMILES string of the molecule is CCNC(=O)c1ccc2c(C(=Nc3ccc(N(CCOC(=O)NC)S(C)(=O)=O)cc3)c3ccccc3)c(O)[nH]c2c1. The second kappa shape index (κ2) is 12.6. The molecule has 3 aromatic carbocycles. The Balaban J connectivity index is 1.73. The second-order valence-electron chi connectivity index (χ2n) is 9.03. The summed E-state index contributed by atoms with van der Waals surface area (Å²) in [6.45, 7) is 2.14. The Labute approximate surface area is 237 Å². The summed E-state index contributed by atoms with van der Waals surface area (Å²) >= 11 is 0. The first kappa shape index (κ1) is 29.2. The molecule has 0 spiro atoms. The van der Waals surface area contributed by atoms with Crippen LogP contribution in [0.4, 0.5) is 16.2 Å². The summed E-state index contributed by atoms with van der Waals surface area (Å²) in [5.41, 5.74) is 3.59. The average molecular weight is 578 g/mol. The van der Waals surface area contributed by atoms with Crippen LogP contribution in [-0.2, 0) is 14.8 Å². The maximum absolute atomic E-state index is 12.4. The Morgan fingerprint density at radius 2 is 1.73 bits per heavy atom. The van der Waals surface area contributed by atoms with Crippen LogP contribution in [0.1, 0.15) is 28.4 Å². The number of fused-ring (bicyclic) bond motifs is 1. The average Bonchev–Trinajstić information content (AvgIpc) is 3.29. The van der Waals surface area contributed by atoms with E-state index in [-0.39, 0.29) is 24.9 Å². The van der Waals surface area contributed by atoms with Crippen molar-refractivity contribution in [1.29, 1.82) is 0 Å². The largest absolute Gasteiger partial charge is 0.494 e. The molecule has 0 aliphatic carbocycles. The number of hydrogen-bond acceptors (Lipinski definition) is 7. The summed E-state index contributed by atoms with van der Waals surface area (Å²) in [5.74, 6) is -0.322. The van der Waals surface area contributed by atoms with E-state index < -0.39 is 16.1 Å². The molecular formula is C29H31N5O6S. The summed E-state index contributed by atoms with van der Waals surface area (Å²) in [7, 11) is -2.24. The van der Waals surface area contributed by atoms with Gasteiger partial charge < -0.3 is 25.5 Å². The number of hydrogen-bond donors (Lipinski definition) is 4. The number of carbonyl (C=O) groups excluding carboxylic acids is 2. The van der Waals surface area contributed by atoms with Gasteiger partial charge in [-0.2, -0.15) is 0 Å². The fourth-order valence-corrected chi connectivity index (χ4v) is 5.20. The number of carbonyl (C=O) groups is 2. The lowest BCUT2D eigenvalue weighted by molar-refractivity contribution is 0.0955. The summed E-state index contributed by atoms with van der Waals surface area (Å²) in [4.78, 5) is 31.5. The summed E-state index contributed by atoms with van der Waals surface area (Å²) in [6.07, 6.45) is 0.418. The molecule has 2 amide bonds. The molecule has 0 unspecified atom stereocenters. The molecule has 0 bridgehead atoms. The monoisotopic (exact) mass is 577 g/mol. The zero-order chi connectivity index (χ0) is 29.6. The minimum absolute atomic E-state index is 0.0639. The van der Waals surface area contributed by atoms with Gasteiger partial charge in [0.15, 0.2) is 5.88 Å². The number of anilines is 1. The number of H-pyrrole nitrogens is 1. The van der Waals surface area contributed by atoms with E-state index in [2.05, 4.69) is 15.6 Å². The minimum Gasteiger partial charge on any atom is -0.494 e. The third-order valence-corrected chi connectivity index (χ3v) is 7.37. The molecule has 4 rings (SSSR count). The van der Waals surface area contributed by atoms with E-state index in [4.69, 9.17) is 9.73 Å². The number of amides is 2. The van der Waals surface area contributed by atoms with E-state index in [0.717, 1.165) is 16.1 Å². The topological polar surface area (TPSA) is 153 Å². The van der Waals surface area contributed by atoms with E-state index in [9.17, 15) is 23.1 Å². The number of nitrogens with one attached hydrogen (secondary N) is 3. The van der Waals surface area contributed by atoms with Crippen molar-refractivity contribution in [2.75, 3.05) is 37.3 Å². The lowest BCUT2D eigenvalue weighted by atomic mass is 10.00. The van der Waals surface area contributed by atoms with Crippen molar-refractivity contribution in [2.24, 2.45) is 4.99 Å². The van der Waals surface area contributed by atoms with Crippen LogP contribution >= 0.6 is 0 Å². The molecule has 1 aromatic heterocycles. The van der Waals surface area contributed by atoms with Gasteiger partial charge in [0.25, 0.3) is 5.91 Å². The Hall–Kier alpha value is -4.84. The zero-order valence-electron chi connectivity index (χ0n) is 22.8. The lowest BCUT2D eigenvalue weighted by Crippen LogP contribution is -2.34. The van der Waals surface area contributed by atoms with Crippen LogP contribution in [0.3, 0.4) is 0 Å². The van der Waals surface area contributed by atoms with Gasteiger partial charge in [-0.25, -0.2) is 18.2 Å². The maximum atomic E-state index is 12.4. The van der Waals surface area contributed by atoms with Gasteiger partial charge in [-0.1, -0.05) is 36.4 Å². The molecule has 0 atom stereocenters. The number of ether oxygens (including phenoxy) is 1. The van der Waals surface area contributed by atoms with Crippen LogP contribution in [0.2, 0.25) is 0 Å². The number of rotatable bonds is 10. The second-order valence-corrected chi connectivity index (χ2v) is 10.9. The van der Waals surface area contributed by atoms with Crippen LogP contribution in [0.15, 0.2) is 77.8 Å². The summed E-state index contributed by atoms with van der Waals surface area (Å²) < 4.78 is 31.0. The number of aromatic amines is 1. The van der Waals surface area contributed by atoms with Crippen LogP contribution in [0.25, 0.3) is 10.9 Å². The normalized spacial score (nSPS) is 11.7. The highest BCUT2D eigenvalue weighted by molar-refractivity contribution is 7.92. The molecule has 0 radical (unpaired) electrons. The number of sulfonamides is 1. The Kier molecular flexibility index (Phi) is 8.93. The lowest BCUT2D eigenvalue weighted by Gasteiger charge is -2.22. The van der Waals surface area contributed by atoms with E-state index >= 15 is 0 Å². The molecule has 0 aliphatic heterocycles. The van der Waals surface area contributed by atoms with Crippen LogP contribution in [-0.4, -0.2) is 69.2 Å². The number of aromatic nitrogens is 1.